The number of aromatic nitrogens is 2. The van der Waals surface area contributed by atoms with Gasteiger partial charge < -0.3 is 5.32 Å². The summed E-state index contributed by atoms with van der Waals surface area (Å²) in [7, 11) is 0. The summed E-state index contributed by atoms with van der Waals surface area (Å²) in [6, 6.07) is 2.09. The molecule has 1 fully saturated rings. The van der Waals surface area contributed by atoms with Gasteiger partial charge in [-0.05, 0) is 17.9 Å². The maximum absolute atomic E-state index is 4.01. The van der Waals surface area contributed by atoms with Gasteiger partial charge in [-0.3, -0.25) is 5.10 Å². The largest absolute Gasteiger partial charge is 0.315 e. The molecule has 1 saturated heterocycles. The lowest BCUT2D eigenvalue weighted by Crippen LogP contribution is -2.24. The zero-order valence-electron chi connectivity index (χ0n) is 8.30. The maximum atomic E-state index is 4.01. The number of hydrogen-bond acceptors (Lipinski definition) is 2. The van der Waals surface area contributed by atoms with Crippen LogP contribution in [0.15, 0.2) is 12.3 Å². The molecule has 1 aromatic heterocycles. The lowest BCUT2D eigenvalue weighted by molar-refractivity contribution is 0.304. The minimum Gasteiger partial charge on any atom is -0.315 e. The first-order chi connectivity index (χ1) is 6.26. The molecule has 0 unspecified atom stereocenters. The maximum Gasteiger partial charge on any atom is 0.0490 e. The molecular formula is C10H17N3. The van der Waals surface area contributed by atoms with Gasteiger partial charge in [0.15, 0.2) is 0 Å². The number of nitrogens with one attached hydrogen (secondary N) is 2. The fourth-order valence-corrected chi connectivity index (χ4v) is 2.19. The molecule has 0 spiro atoms. The highest BCUT2D eigenvalue weighted by Gasteiger charge is 2.38. The van der Waals surface area contributed by atoms with Gasteiger partial charge in [0.1, 0.15) is 0 Å². The van der Waals surface area contributed by atoms with Gasteiger partial charge in [0.05, 0.1) is 0 Å². The number of rotatable bonds is 2. The first kappa shape index (κ1) is 8.75. The number of aromatic amines is 1. The van der Waals surface area contributed by atoms with E-state index in [0.717, 1.165) is 13.1 Å². The van der Waals surface area contributed by atoms with E-state index in [2.05, 4.69) is 35.4 Å². The Morgan fingerprint density at radius 3 is 3.15 bits per heavy atom. The lowest BCUT2D eigenvalue weighted by Gasteiger charge is -2.28. The van der Waals surface area contributed by atoms with Crippen molar-refractivity contribution >= 4 is 0 Å². The summed E-state index contributed by atoms with van der Waals surface area (Å²) in [5.74, 6) is 0.597. The fourth-order valence-electron chi connectivity index (χ4n) is 2.19. The van der Waals surface area contributed by atoms with Crippen molar-refractivity contribution in [3.63, 3.8) is 0 Å². The minimum atomic E-state index is 0.395. The summed E-state index contributed by atoms with van der Waals surface area (Å²) in [4.78, 5) is 0. The van der Waals surface area contributed by atoms with E-state index < -0.39 is 0 Å². The Hall–Kier alpha value is -0.830. The Balaban J connectivity index is 2.24. The quantitative estimate of drug-likeness (QED) is 0.722. The molecule has 2 atom stereocenters. The third kappa shape index (κ3) is 1.37. The minimum absolute atomic E-state index is 0.395. The molecule has 0 aromatic carbocycles. The summed E-state index contributed by atoms with van der Waals surface area (Å²) in [5, 5.41) is 10.5. The van der Waals surface area contributed by atoms with Crippen LogP contribution in [0.1, 0.15) is 31.9 Å². The van der Waals surface area contributed by atoms with Crippen molar-refractivity contribution < 1.29 is 0 Å². The third-order valence-electron chi connectivity index (χ3n) is 3.42. The van der Waals surface area contributed by atoms with Crippen LogP contribution in [0.2, 0.25) is 0 Å². The van der Waals surface area contributed by atoms with Crippen LogP contribution in [-0.4, -0.2) is 23.3 Å². The van der Waals surface area contributed by atoms with Gasteiger partial charge in [-0.25, -0.2) is 0 Å². The normalized spacial score (nSPS) is 33.8. The van der Waals surface area contributed by atoms with Crippen molar-refractivity contribution in [1.82, 2.24) is 15.5 Å². The molecule has 0 radical (unpaired) electrons. The molecule has 3 heteroatoms. The molecule has 0 bridgehead atoms. The van der Waals surface area contributed by atoms with E-state index in [4.69, 9.17) is 0 Å². The van der Waals surface area contributed by atoms with Crippen LogP contribution in [0.25, 0.3) is 0 Å². The second-order valence-electron chi connectivity index (χ2n) is 4.20. The van der Waals surface area contributed by atoms with Crippen molar-refractivity contribution in [2.75, 3.05) is 13.1 Å². The fraction of sp³-hybridized carbons (Fsp3) is 0.700. The van der Waals surface area contributed by atoms with Crippen molar-refractivity contribution in [2.45, 2.75) is 26.2 Å². The molecule has 13 heavy (non-hydrogen) atoms. The average Bonchev–Trinajstić information content (AvgIpc) is 2.73. The standard InChI is InChI=1S/C10H17N3/c1-3-10(2)7-11-6-8(10)9-4-5-12-13-9/h4-5,8,11H,3,6-7H2,1-2H3,(H,12,13)/t8-,10+/m0/s1. The molecule has 0 aliphatic carbocycles. The SMILES string of the molecule is CC[C@]1(C)CNC[C@H]1c1ccn[nH]1. The molecule has 1 aliphatic heterocycles. The van der Waals surface area contributed by atoms with E-state index in [9.17, 15) is 0 Å². The van der Waals surface area contributed by atoms with Gasteiger partial charge in [0.25, 0.3) is 0 Å². The molecular weight excluding hydrogens is 162 g/mol. The van der Waals surface area contributed by atoms with Crippen LogP contribution >= 0.6 is 0 Å². The van der Waals surface area contributed by atoms with E-state index in [0.29, 0.717) is 11.3 Å². The zero-order valence-corrected chi connectivity index (χ0v) is 8.30. The summed E-state index contributed by atoms with van der Waals surface area (Å²) >= 11 is 0. The molecule has 3 nitrogen and oxygen atoms in total. The summed E-state index contributed by atoms with van der Waals surface area (Å²) in [6.45, 7) is 6.80. The average molecular weight is 179 g/mol. The second kappa shape index (κ2) is 3.14. The molecule has 2 heterocycles. The van der Waals surface area contributed by atoms with Crippen LogP contribution < -0.4 is 5.32 Å². The van der Waals surface area contributed by atoms with Crippen LogP contribution in [-0.2, 0) is 0 Å². The van der Waals surface area contributed by atoms with Crippen molar-refractivity contribution in [1.29, 1.82) is 0 Å². The molecule has 72 valence electrons. The van der Waals surface area contributed by atoms with Gasteiger partial charge in [-0.15, -0.1) is 0 Å². The Morgan fingerprint density at radius 1 is 1.69 bits per heavy atom. The van der Waals surface area contributed by atoms with Crippen LogP contribution in [0.3, 0.4) is 0 Å². The van der Waals surface area contributed by atoms with E-state index in [1.807, 2.05) is 6.20 Å². The van der Waals surface area contributed by atoms with Crippen LogP contribution in [0, 0.1) is 5.41 Å². The number of hydrogen-bond donors (Lipinski definition) is 2. The molecule has 1 aromatic rings. The van der Waals surface area contributed by atoms with E-state index in [-0.39, 0.29) is 0 Å². The van der Waals surface area contributed by atoms with Crippen molar-refractivity contribution in [2.24, 2.45) is 5.41 Å². The second-order valence-corrected chi connectivity index (χ2v) is 4.20. The van der Waals surface area contributed by atoms with Crippen LogP contribution in [0.4, 0.5) is 0 Å². The highest BCUT2D eigenvalue weighted by atomic mass is 15.1. The highest BCUT2D eigenvalue weighted by molar-refractivity contribution is 5.14. The molecule has 1 aliphatic rings. The zero-order chi connectivity index (χ0) is 9.31. The predicted molar refractivity (Wildman–Crippen MR) is 52.6 cm³/mol. The molecule has 2 rings (SSSR count). The van der Waals surface area contributed by atoms with Crippen molar-refractivity contribution in [3.05, 3.63) is 18.0 Å². The number of nitrogens with zero attached hydrogens (tertiary/aromatic N) is 1. The van der Waals surface area contributed by atoms with Crippen molar-refractivity contribution in [3.8, 4) is 0 Å². The molecule has 0 saturated carbocycles. The molecule has 0 amide bonds. The van der Waals surface area contributed by atoms with Crippen LogP contribution in [0.5, 0.6) is 0 Å². The van der Waals surface area contributed by atoms with Gasteiger partial charge in [-0.2, -0.15) is 5.10 Å². The van der Waals surface area contributed by atoms with E-state index >= 15 is 0 Å². The Labute approximate surface area is 78.9 Å². The van der Waals surface area contributed by atoms with E-state index in [1.165, 1.54) is 12.1 Å². The molecule has 2 N–H and O–H groups in total. The Kier molecular flexibility index (Phi) is 2.12. The number of H-pyrrole nitrogens is 1. The first-order valence-corrected chi connectivity index (χ1v) is 4.96. The lowest BCUT2D eigenvalue weighted by atomic mass is 9.76. The summed E-state index contributed by atoms with van der Waals surface area (Å²) in [5.41, 5.74) is 1.67. The van der Waals surface area contributed by atoms with Gasteiger partial charge in [0.2, 0.25) is 0 Å². The topological polar surface area (TPSA) is 40.7 Å². The Bertz CT molecular complexity index is 268. The third-order valence-corrected chi connectivity index (χ3v) is 3.42. The van der Waals surface area contributed by atoms with E-state index in [1.54, 1.807) is 0 Å². The van der Waals surface area contributed by atoms with Gasteiger partial charge in [0, 0.05) is 30.9 Å². The Morgan fingerprint density at radius 2 is 2.54 bits per heavy atom. The monoisotopic (exact) mass is 179 g/mol. The first-order valence-electron chi connectivity index (χ1n) is 4.96. The summed E-state index contributed by atoms with van der Waals surface area (Å²) in [6.07, 6.45) is 3.05. The summed E-state index contributed by atoms with van der Waals surface area (Å²) < 4.78 is 0. The smallest absolute Gasteiger partial charge is 0.0490 e. The van der Waals surface area contributed by atoms with Gasteiger partial charge >= 0.3 is 0 Å². The predicted octanol–water partition coefficient (Wildman–Crippen LogP) is 1.51. The highest BCUT2D eigenvalue weighted by Crippen LogP contribution is 2.40. The van der Waals surface area contributed by atoms with Gasteiger partial charge in [-0.1, -0.05) is 13.8 Å².